The number of carbonyl (C=O) groups is 1. The minimum Gasteiger partial charge on any atom is -0.493 e. The summed E-state index contributed by atoms with van der Waals surface area (Å²) in [7, 11) is 3.08. The number of hydrogen-bond acceptors (Lipinski definition) is 4. The zero-order valence-electron chi connectivity index (χ0n) is 10.8. The number of ketones is 1. The number of rotatable bonds is 5. The Morgan fingerprint density at radius 2 is 1.95 bits per heavy atom. The Labute approximate surface area is 111 Å². The standard InChI is InChI=1S/C15H14O4/c1-17-14-8-5-11(10-15(14)18-2)13(16)7-6-12-4-3-9-19-12/h3-10H,1-2H3/b7-6+. The van der Waals surface area contributed by atoms with Crippen molar-refractivity contribution >= 4 is 11.9 Å². The minimum atomic E-state index is -0.127. The average molecular weight is 258 g/mol. The quantitative estimate of drug-likeness (QED) is 0.610. The summed E-state index contributed by atoms with van der Waals surface area (Å²) in [6.07, 6.45) is 4.64. The summed E-state index contributed by atoms with van der Waals surface area (Å²) in [5.41, 5.74) is 0.528. The number of allylic oxidation sites excluding steroid dienone is 1. The predicted molar refractivity (Wildman–Crippen MR) is 71.6 cm³/mol. The largest absolute Gasteiger partial charge is 0.493 e. The highest BCUT2D eigenvalue weighted by Gasteiger charge is 2.08. The van der Waals surface area contributed by atoms with Crippen LogP contribution in [0, 0.1) is 0 Å². The van der Waals surface area contributed by atoms with Crippen LogP contribution in [0.5, 0.6) is 11.5 Å². The molecule has 1 aromatic heterocycles. The Bertz CT molecular complexity index is 582. The van der Waals surface area contributed by atoms with E-state index in [2.05, 4.69) is 0 Å². The molecule has 0 radical (unpaired) electrons. The van der Waals surface area contributed by atoms with Gasteiger partial charge in [0, 0.05) is 5.56 Å². The van der Waals surface area contributed by atoms with E-state index in [1.165, 1.54) is 13.2 Å². The number of methoxy groups -OCH3 is 2. The van der Waals surface area contributed by atoms with Crippen molar-refractivity contribution in [1.29, 1.82) is 0 Å². The number of furan rings is 1. The second-order valence-corrected chi connectivity index (χ2v) is 3.78. The monoisotopic (exact) mass is 258 g/mol. The van der Waals surface area contributed by atoms with E-state index in [1.54, 1.807) is 49.8 Å². The normalized spacial score (nSPS) is 10.6. The Hall–Kier alpha value is -2.49. The lowest BCUT2D eigenvalue weighted by molar-refractivity contribution is 0.104. The number of carbonyl (C=O) groups excluding carboxylic acids is 1. The molecule has 0 saturated heterocycles. The molecule has 0 saturated carbocycles. The van der Waals surface area contributed by atoms with Crippen molar-refractivity contribution in [3.63, 3.8) is 0 Å². The molecule has 98 valence electrons. The fourth-order valence-corrected chi connectivity index (χ4v) is 1.63. The molecule has 0 atom stereocenters. The first-order chi connectivity index (χ1) is 9.24. The van der Waals surface area contributed by atoms with Gasteiger partial charge in [-0.3, -0.25) is 4.79 Å². The van der Waals surface area contributed by atoms with Gasteiger partial charge in [0.15, 0.2) is 17.3 Å². The number of benzene rings is 1. The summed E-state index contributed by atoms with van der Waals surface area (Å²) in [4.78, 5) is 12.0. The predicted octanol–water partition coefficient (Wildman–Crippen LogP) is 3.19. The van der Waals surface area contributed by atoms with Gasteiger partial charge in [-0.05, 0) is 42.5 Å². The van der Waals surface area contributed by atoms with Gasteiger partial charge in [0.2, 0.25) is 0 Å². The van der Waals surface area contributed by atoms with Crippen LogP contribution >= 0.6 is 0 Å². The molecule has 2 rings (SSSR count). The van der Waals surface area contributed by atoms with Gasteiger partial charge in [0.05, 0.1) is 20.5 Å². The zero-order valence-corrected chi connectivity index (χ0v) is 10.8. The summed E-state index contributed by atoms with van der Waals surface area (Å²) in [6, 6.07) is 8.58. The number of hydrogen-bond donors (Lipinski definition) is 0. The maximum atomic E-state index is 12.0. The van der Waals surface area contributed by atoms with Crippen LogP contribution in [0.4, 0.5) is 0 Å². The smallest absolute Gasteiger partial charge is 0.186 e. The Morgan fingerprint density at radius 3 is 2.58 bits per heavy atom. The van der Waals surface area contributed by atoms with Crippen molar-refractivity contribution in [2.45, 2.75) is 0 Å². The highest BCUT2D eigenvalue weighted by molar-refractivity contribution is 6.07. The lowest BCUT2D eigenvalue weighted by atomic mass is 10.1. The molecule has 0 aliphatic rings. The first-order valence-corrected chi connectivity index (χ1v) is 5.72. The molecule has 0 N–H and O–H groups in total. The third kappa shape index (κ3) is 3.04. The molecule has 4 nitrogen and oxygen atoms in total. The van der Waals surface area contributed by atoms with E-state index in [9.17, 15) is 4.79 Å². The topological polar surface area (TPSA) is 48.7 Å². The zero-order chi connectivity index (χ0) is 13.7. The van der Waals surface area contributed by atoms with Gasteiger partial charge in [-0.1, -0.05) is 0 Å². The SMILES string of the molecule is COc1ccc(C(=O)/C=C/c2ccco2)cc1OC. The molecule has 0 aliphatic carbocycles. The summed E-state index contributed by atoms with van der Waals surface area (Å²) < 4.78 is 15.4. The molecular formula is C15H14O4. The Kier molecular flexibility index (Phi) is 4.03. The van der Waals surface area contributed by atoms with Crippen LogP contribution in [-0.4, -0.2) is 20.0 Å². The molecule has 1 heterocycles. The lowest BCUT2D eigenvalue weighted by Crippen LogP contribution is -1.97. The minimum absolute atomic E-state index is 0.127. The molecule has 0 bridgehead atoms. The highest BCUT2D eigenvalue weighted by atomic mass is 16.5. The molecule has 0 unspecified atom stereocenters. The number of ether oxygens (including phenoxy) is 2. The van der Waals surface area contributed by atoms with Crippen molar-refractivity contribution in [1.82, 2.24) is 0 Å². The molecule has 0 amide bonds. The third-order valence-corrected chi connectivity index (χ3v) is 2.61. The summed E-state index contributed by atoms with van der Waals surface area (Å²) >= 11 is 0. The average Bonchev–Trinajstić information content (AvgIpc) is 2.97. The lowest BCUT2D eigenvalue weighted by Gasteiger charge is -2.07. The second kappa shape index (κ2) is 5.91. The van der Waals surface area contributed by atoms with E-state index in [4.69, 9.17) is 13.9 Å². The highest BCUT2D eigenvalue weighted by Crippen LogP contribution is 2.27. The first-order valence-electron chi connectivity index (χ1n) is 5.72. The van der Waals surface area contributed by atoms with Gasteiger partial charge in [-0.2, -0.15) is 0 Å². The van der Waals surface area contributed by atoms with Crippen molar-refractivity contribution in [3.05, 3.63) is 54.0 Å². The van der Waals surface area contributed by atoms with E-state index in [1.807, 2.05) is 0 Å². The summed E-state index contributed by atoms with van der Waals surface area (Å²) in [5.74, 6) is 1.62. The van der Waals surface area contributed by atoms with Gasteiger partial charge in [-0.25, -0.2) is 0 Å². The Morgan fingerprint density at radius 1 is 1.16 bits per heavy atom. The van der Waals surface area contributed by atoms with Gasteiger partial charge in [0.1, 0.15) is 5.76 Å². The molecule has 19 heavy (non-hydrogen) atoms. The van der Waals surface area contributed by atoms with E-state index in [0.717, 1.165) is 0 Å². The van der Waals surface area contributed by atoms with E-state index >= 15 is 0 Å². The van der Waals surface area contributed by atoms with Crippen molar-refractivity contribution in [2.75, 3.05) is 14.2 Å². The molecule has 0 aliphatic heterocycles. The molecule has 0 fully saturated rings. The molecular weight excluding hydrogens is 244 g/mol. The molecule has 0 spiro atoms. The molecule has 4 heteroatoms. The maximum absolute atomic E-state index is 12.0. The van der Waals surface area contributed by atoms with Crippen LogP contribution in [0.3, 0.4) is 0 Å². The molecule has 1 aromatic carbocycles. The van der Waals surface area contributed by atoms with Crippen molar-refractivity contribution in [3.8, 4) is 11.5 Å². The third-order valence-electron chi connectivity index (χ3n) is 2.61. The van der Waals surface area contributed by atoms with Crippen LogP contribution in [0.15, 0.2) is 47.1 Å². The summed E-state index contributed by atoms with van der Waals surface area (Å²) in [5, 5.41) is 0. The van der Waals surface area contributed by atoms with Crippen molar-refractivity contribution in [2.24, 2.45) is 0 Å². The summed E-state index contributed by atoms with van der Waals surface area (Å²) in [6.45, 7) is 0. The van der Waals surface area contributed by atoms with E-state index < -0.39 is 0 Å². The first kappa shape index (κ1) is 13.0. The Balaban J connectivity index is 2.19. The van der Waals surface area contributed by atoms with Crippen LogP contribution in [0.1, 0.15) is 16.1 Å². The van der Waals surface area contributed by atoms with Gasteiger partial charge >= 0.3 is 0 Å². The van der Waals surface area contributed by atoms with Gasteiger partial charge < -0.3 is 13.9 Å². The van der Waals surface area contributed by atoms with Gasteiger partial charge in [-0.15, -0.1) is 0 Å². The van der Waals surface area contributed by atoms with Crippen molar-refractivity contribution < 1.29 is 18.7 Å². The fraction of sp³-hybridized carbons (Fsp3) is 0.133. The van der Waals surface area contributed by atoms with Crippen LogP contribution in [0.25, 0.3) is 6.08 Å². The molecule has 2 aromatic rings. The second-order valence-electron chi connectivity index (χ2n) is 3.78. The maximum Gasteiger partial charge on any atom is 0.186 e. The van der Waals surface area contributed by atoms with Crippen LogP contribution in [0.2, 0.25) is 0 Å². The van der Waals surface area contributed by atoms with Gasteiger partial charge in [0.25, 0.3) is 0 Å². The van der Waals surface area contributed by atoms with E-state index in [0.29, 0.717) is 22.8 Å². The van der Waals surface area contributed by atoms with E-state index in [-0.39, 0.29) is 5.78 Å². The fourth-order valence-electron chi connectivity index (χ4n) is 1.63. The van der Waals surface area contributed by atoms with Crippen LogP contribution < -0.4 is 9.47 Å². The van der Waals surface area contributed by atoms with Crippen LogP contribution in [-0.2, 0) is 0 Å².